The fourth-order valence-electron chi connectivity index (χ4n) is 5.38. The van der Waals surface area contributed by atoms with Gasteiger partial charge in [-0.1, -0.05) is 0 Å². The lowest BCUT2D eigenvalue weighted by molar-refractivity contribution is 0.237. The van der Waals surface area contributed by atoms with E-state index in [1.54, 1.807) is 12.4 Å². The molecule has 0 aliphatic carbocycles. The van der Waals surface area contributed by atoms with E-state index >= 15 is 0 Å². The number of fused-ring (bicyclic) bond motifs is 2. The van der Waals surface area contributed by atoms with E-state index < -0.39 is 0 Å². The predicted molar refractivity (Wildman–Crippen MR) is 161 cm³/mol. The smallest absolute Gasteiger partial charge is 0.161 e. The quantitative estimate of drug-likeness (QED) is 0.257. The van der Waals surface area contributed by atoms with Crippen LogP contribution in [0.25, 0.3) is 56.1 Å². The number of pyridine rings is 3. The molecule has 0 spiro atoms. The van der Waals surface area contributed by atoms with E-state index in [2.05, 4.69) is 30.0 Å². The molecule has 0 bridgehead atoms. The summed E-state index contributed by atoms with van der Waals surface area (Å²) in [6.07, 6.45) is 7.73. The highest BCUT2D eigenvalue weighted by Crippen LogP contribution is 2.32. The van der Waals surface area contributed by atoms with E-state index in [9.17, 15) is 4.39 Å². The number of nitrogens with zero attached hydrogens (tertiary/aromatic N) is 7. The number of ether oxygens (including phenoxy) is 1. The zero-order chi connectivity index (χ0) is 28.6. The first kappa shape index (κ1) is 26.0. The number of H-pyrrole nitrogens is 2. The number of hydrogen-bond acceptors (Lipinski definition) is 8. The molecule has 0 saturated carbocycles. The first-order valence-corrected chi connectivity index (χ1v) is 14.0. The zero-order valence-corrected chi connectivity index (χ0v) is 23.4. The number of likely N-dealkylation sites (tertiary alicyclic amines) is 1. The molecule has 0 unspecified atom stereocenters. The molecule has 10 nitrogen and oxygen atoms in total. The van der Waals surface area contributed by atoms with Gasteiger partial charge in [-0.3, -0.25) is 20.0 Å². The Hall–Kier alpha value is -4.90. The van der Waals surface area contributed by atoms with Crippen LogP contribution in [0.1, 0.15) is 12.8 Å². The summed E-state index contributed by atoms with van der Waals surface area (Å²) in [5.41, 5.74) is 7.21. The standard InChI is InChI=1S/C31H30FN9O/c1-40(2)22-14-20(17-33-18-22)24-5-6-26-29(35-24)30(39-38-26)31-36-25-7-8-34-27(28(25)37-31)19-13-21(32)16-23(15-19)42-12-11-41-9-3-4-10-41/h5-8,13-18H,3-4,9-12H2,1-2H3,(H,36,37)(H,38,39). The van der Waals surface area contributed by atoms with E-state index in [-0.39, 0.29) is 5.82 Å². The van der Waals surface area contributed by atoms with Gasteiger partial charge in [-0.2, -0.15) is 5.10 Å². The summed E-state index contributed by atoms with van der Waals surface area (Å²) in [7, 11) is 3.95. The van der Waals surface area contributed by atoms with E-state index in [1.807, 2.05) is 55.5 Å². The second-order valence-corrected chi connectivity index (χ2v) is 10.7. The molecule has 1 fully saturated rings. The van der Waals surface area contributed by atoms with E-state index in [4.69, 9.17) is 14.7 Å². The van der Waals surface area contributed by atoms with Crippen LogP contribution in [0.4, 0.5) is 10.1 Å². The minimum atomic E-state index is -0.388. The summed E-state index contributed by atoms with van der Waals surface area (Å²) in [6.45, 7) is 3.51. The number of aromatic nitrogens is 7. The molecular weight excluding hydrogens is 533 g/mol. The van der Waals surface area contributed by atoms with E-state index in [0.29, 0.717) is 46.2 Å². The lowest BCUT2D eigenvalue weighted by Crippen LogP contribution is -2.25. The number of nitrogens with one attached hydrogen (secondary N) is 2. The van der Waals surface area contributed by atoms with Gasteiger partial charge >= 0.3 is 0 Å². The van der Waals surface area contributed by atoms with Gasteiger partial charge in [0.2, 0.25) is 0 Å². The second kappa shape index (κ2) is 10.8. The number of aromatic amines is 2. The maximum absolute atomic E-state index is 14.7. The summed E-state index contributed by atoms with van der Waals surface area (Å²) in [4.78, 5) is 26.4. The van der Waals surface area contributed by atoms with Crippen LogP contribution in [0.3, 0.4) is 0 Å². The van der Waals surface area contributed by atoms with Crippen LogP contribution in [0.2, 0.25) is 0 Å². The van der Waals surface area contributed by atoms with Gasteiger partial charge in [0.1, 0.15) is 29.2 Å². The van der Waals surface area contributed by atoms with Crippen LogP contribution in [0.5, 0.6) is 5.75 Å². The molecule has 5 aromatic heterocycles. The summed E-state index contributed by atoms with van der Waals surface area (Å²) in [5.74, 6) is 0.622. The molecule has 42 heavy (non-hydrogen) atoms. The molecule has 1 saturated heterocycles. The van der Waals surface area contributed by atoms with Crippen molar-refractivity contribution in [2.45, 2.75) is 12.8 Å². The highest BCUT2D eigenvalue weighted by Gasteiger charge is 2.19. The molecule has 6 heterocycles. The van der Waals surface area contributed by atoms with Gasteiger partial charge in [0.15, 0.2) is 11.5 Å². The molecule has 1 aromatic carbocycles. The third kappa shape index (κ3) is 5.03. The number of benzene rings is 1. The maximum Gasteiger partial charge on any atom is 0.161 e. The van der Waals surface area contributed by atoms with Crippen molar-refractivity contribution < 1.29 is 9.13 Å². The average Bonchev–Trinajstić information content (AvgIpc) is 3.76. The minimum Gasteiger partial charge on any atom is -0.492 e. The molecule has 7 rings (SSSR count). The van der Waals surface area contributed by atoms with Crippen LogP contribution in [-0.4, -0.2) is 80.4 Å². The number of rotatable bonds is 8. The second-order valence-electron chi connectivity index (χ2n) is 10.7. The Kier molecular flexibility index (Phi) is 6.71. The fourth-order valence-corrected chi connectivity index (χ4v) is 5.38. The van der Waals surface area contributed by atoms with Crippen molar-refractivity contribution in [3.05, 3.63) is 66.9 Å². The van der Waals surface area contributed by atoms with Crippen LogP contribution >= 0.6 is 0 Å². The average molecular weight is 564 g/mol. The highest BCUT2D eigenvalue weighted by molar-refractivity contribution is 5.95. The molecule has 1 aliphatic heterocycles. The molecule has 212 valence electrons. The Morgan fingerprint density at radius 2 is 1.79 bits per heavy atom. The molecule has 0 atom stereocenters. The largest absolute Gasteiger partial charge is 0.492 e. The van der Waals surface area contributed by atoms with Crippen molar-refractivity contribution in [3.8, 4) is 39.8 Å². The SMILES string of the molecule is CN(C)c1cncc(-c2ccc3[nH]nc(-c4nc5c(-c6cc(F)cc(OCCN7CCCC7)c6)nccc5[nH]4)c3n2)c1. The summed E-state index contributed by atoms with van der Waals surface area (Å²) in [6, 6.07) is 12.5. The van der Waals surface area contributed by atoms with Crippen molar-refractivity contribution in [2.75, 3.05) is 45.2 Å². The normalized spacial score (nSPS) is 13.8. The Labute approximate surface area is 241 Å². The zero-order valence-electron chi connectivity index (χ0n) is 23.4. The predicted octanol–water partition coefficient (Wildman–Crippen LogP) is 5.30. The van der Waals surface area contributed by atoms with Crippen LogP contribution in [0, 0.1) is 5.82 Å². The van der Waals surface area contributed by atoms with Crippen LogP contribution in [-0.2, 0) is 0 Å². The van der Waals surface area contributed by atoms with Crippen molar-refractivity contribution in [1.29, 1.82) is 0 Å². The Balaban J connectivity index is 1.22. The molecule has 2 N–H and O–H groups in total. The van der Waals surface area contributed by atoms with E-state index in [0.717, 1.165) is 47.6 Å². The first-order chi connectivity index (χ1) is 20.5. The van der Waals surface area contributed by atoms with Crippen molar-refractivity contribution in [3.63, 3.8) is 0 Å². The number of halogens is 1. The third-order valence-corrected chi connectivity index (χ3v) is 7.59. The van der Waals surface area contributed by atoms with Crippen LogP contribution in [0.15, 0.2) is 61.1 Å². The Morgan fingerprint density at radius 1 is 0.929 bits per heavy atom. The number of anilines is 1. The number of hydrogen-bond donors (Lipinski definition) is 2. The Bertz CT molecular complexity index is 1890. The van der Waals surface area contributed by atoms with Gasteiger partial charge in [-0.15, -0.1) is 0 Å². The molecule has 1 aliphatic rings. The molecule has 6 aromatic rings. The molecule has 11 heteroatoms. The summed E-state index contributed by atoms with van der Waals surface area (Å²) >= 11 is 0. The molecule has 0 radical (unpaired) electrons. The minimum absolute atomic E-state index is 0.388. The van der Waals surface area contributed by atoms with Gasteiger partial charge in [0.25, 0.3) is 0 Å². The highest BCUT2D eigenvalue weighted by atomic mass is 19.1. The van der Waals surface area contributed by atoms with Gasteiger partial charge in [0, 0.05) is 50.2 Å². The fraction of sp³-hybridized carbons (Fsp3) is 0.258. The maximum atomic E-state index is 14.7. The van der Waals surface area contributed by atoms with Crippen LogP contribution < -0.4 is 9.64 Å². The molecule has 0 amide bonds. The summed E-state index contributed by atoms with van der Waals surface area (Å²) in [5, 5.41) is 7.59. The number of imidazole rings is 1. The third-order valence-electron chi connectivity index (χ3n) is 7.59. The van der Waals surface area contributed by atoms with Gasteiger partial charge in [0.05, 0.1) is 34.3 Å². The van der Waals surface area contributed by atoms with Gasteiger partial charge < -0.3 is 14.6 Å². The first-order valence-electron chi connectivity index (χ1n) is 14.0. The Morgan fingerprint density at radius 3 is 2.64 bits per heavy atom. The van der Waals surface area contributed by atoms with Gasteiger partial charge in [-0.25, -0.2) is 14.4 Å². The lowest BCUT2D eigenvalue weighted by Gasteiger charge is -2.15. The molecular formula is C31H30FN9O. The van der Waals surface area contributed by atoms with Crippen molar-refractivity contribution >= 4 is 27.8 Å². The lowest BCUT2D eigenvalue weighted by atomic mass is 10.1. The monoisotopic (exact) mass is 563 g/mol. The van der Waals surface area contributed by atoms with Gasteiger partial charge in [-0.05, 0) is 62.3 Å². The topological polar surface area (TPSA) is 112 Å². The summed E-state index contributed by atoms with van der Waals surface area (Å²) < 4.78 is 20.7. The van der Waals surface area contributed by atoms with Crippen molar-refractivity contribution in [1.82, 2.24) is 40.0 Å². The van der Waals surface area contributed by atoms with Crippen molar-refractivity contribution in [2.24, 2.45) is 0 Å². The van der Waals surface area contributed by atoms with E-state index in [1.165, 1.54) is 25.0 Å².